The molecular weight excluding hydrogens is 290 g/mol. The monoisotopic (exact) mass is 311 g/mol. The van der Waals surface area contributed by atoms with Gasteiger partial charge in [0.15, 0.2) is 5.78 Å². The molecule has 0 atom stereocenters. The SMILES string of the molecule is CCC(CC)(C(=O)Cc1ccccc1Br)N(C)C. The van der Waals surface area contributed by atoms with Crippen LogP contribution in [0.1, 0.15) is 32.3 Å². The average molecular weight is 312 g/mol. The first-order valence-electron chi connectivity index (χ1n) is 6.42. The molecule has 0 spiro atoms. The number of Topliss-reactive ketones (excluding diaryl/α,β-unsaturated/α-hetero) is 1. The number of benzene rings is 1. The topological polar surface area (TPSA) is 20.3 Å². The number of nitrogens with zero attached hydrogens (tertiary/aromatic N) is 1. The van der Waals surface area contributed by atoms with Gasteiger partial charge in [-0.2, -0.15) is 0 Å². The molecule has 0 radical (unpaired) electrons. The second kappa shape index (κ2) is 6.48. The molecule has 0 aliphatic rings. The minimum absolute atomic E-state index is 0.296. The van der Waals surface area contributed by atoms with Gasteiger partial charge < -0.3 is 0 Å². The summed E-state index contributed by atoms with van der Waals surface area (Å²) in [6.45, 7) is 4.17. The van der Waals surface area contributed by atoms with Gasteiger partial charge in [0.2, 0.25) is 0 Å². The van der Waals surface area contributed by atoms with E-state index in [0.717, 1.165) is 22.9 Å². The number of likely N-dealkylation sites (N-methyl/N-ethyl adjacent to an activating group) is 1. The Morgan fingerprint density at radius 2 is 1.78 bits per heavy atom. The highest BCUT2D eigenvalue weighted by Gasteiger charge is 2.36. The molecule has 18 heavy (non-hydrogen) atoms. The smallest absolute Gasteiger partial charge is 0.157 e. The molecule has 0 saturated heterocycles. The quantitative estimate of drug-likeness (QED) is 0.798. The number of halogens is 1. The van der Waals surface area contributed by atoms with Crippen molar-refractivity contribution >= 4 is 21.7 Å². The van der Waals surface area contributed by atoms with Crippen molar-refractivity contribution in [2.75, 3.05) is 14.1 Å². The van der Waals surface area contributed by atoms with Gasteiger partial charge in [0.25, 0.3) is 0 Å². The minimum atomic E-state index is -0.338. The Morgan fingerprint density at radius 3 is 2.22 bits per heavy atom. The molecule has 1 rings (SSSR count). The van der Waals surface area contributed by atoms with Crippen LogP contribution in [0.4, 0.5) is 0 Å². The standard InChI is InChI=1S/C15H22BrNO/c1-5-15(6-2,17(3)4)14(18)11-12-9-7-8-10-13(12)16/h7-10H,5-6,11H2,1-4H3. The zero-order valence-electron chi connectivity index (χ0n) is 11.7. The zero-order chi connectivity index (χ0) is 13.8. The van der Waals surface area contributed by atoms with E-state index in [4.69, 9.17) is 0 Å². The summed E-state index contributed by atoms with van der Waals surface area (Å²) in [5.74, 6) is 0.296. The highest BCUT2D eigenvalue weighted by atomic mass is 79.9. The van der Waals surface area contributed by atoms with Gasteiger partial charge in [0.05, 0.1) is 5.54 Å². The Morgan fingerprint density at radius 1 is 1.22 bits per heavy atom. The van der Waals surface area contributed by atoms with E-state index in [-0.39, 0.29) is 5.54 Å². The first-order chi connectivity index (χ1) is 8.47. The van der Waals surface area contributed by atoms with Crippen molar-refractivity contribution in [3.05, 3.63) is 34.3 Å². The van der Waals surface area contributed by atoms with E-state index < -0.39 is 0 Å². The Kier molecular flexibility index (Phi) is 5.54. The van der Waals surface area contributed by atoms with Gasteiger partial charge >= 0.3 is 0 Å². The van der Waals surface area contributed by atoms with Gasteiger partial charge in [-0.1, -0.05) is 48.0 Å². The van der Waals surface area contributed by atoms with E-state index in [9.17, 15) is 4.79 Å². The van der Waals surface area contributed by atoms with Crippen LogP contribution in [-0.4, -0.2) is 30.3 Å². The Bertz CT molecular complexity index is 411. The van der Waals surface area contributed by atoms with Crippen molar-refractivity contribution in [3.63, 3.8) is 0 Å². The van der Waals surface area contributed by atoms with Crippen LogP contribution in [0.25, 0.3) is 0 Å². The van der Waals surface area contributed by atoms with Gasteiger partial charge in [-0.25, -0.2) is 0 Å². The van der Waals surface area contributed by atoms with E-state index in [0.29, 0.717) is 12.2 Å². The van der Waals surface area contributed by atoms with Crippen LogP contribution >= 0.6 is 15.9 Å². The van der Waals surface area contributed by atoms with Crippen LogP contribution in [0, 0.1) is 0 Å². The average Bonchev–Trinajstić information content (AvgIpc) is 2.34. The lowest BCUT2D eigenvalue weighted by Gasteiger charge is -2.37. The summed E-state index contributed by atoms with van der Waals surface area (Å²) in [6, 6.07) is 7.94. The van der Waals surface area contributed by atoms with Crippen molar-refractivity contribution in [3.8, 4) is 0 Å². The third-order valence-electron chi connectivity index (χ3n) is 3.85. The molecule has 3 heteroatoms. The maximum Gasteiger partial charge on any atom is 0.157 e. The fourth-order valence-electron chi connectivity index (χ4n) is 2.51. The third-order valence-corrected chi connectivity index (χ3v) is 4.63. The fourth-order valence-corrected chi connectivity index (χ4v) is 2.93. The summed E-state index contributed by atoms with van der Waals surface area (Å²) >= 11 is 3.51. The lowest BCUT2D eigenvalue weighted by atomic mass is 9.83. The van der Waals surface area contributed by atoms with Crippen LogP contribution in [-0.2, 0) is 11.2 Å². The Labute approximate surface area is 119 Å². The molecule has 0 unspecified atom stereocenters. The Balaban J connectivity index is 2.96. The van der Waals surface area contributed by atoms with Crippen molar-refractivity contribution < 1.29 is 4.79 Å². The summed E-state index contributed by atoms with van der Waals surface area (Å²) in [5, 5.41) is 0. The second-order valence-electron chi connectivity index (χ2n) is 4.82. The molecule has 0 amide bonds. The minimum Gasteiger partial charge on any atom is -0.297 e. The summed E-state index contributed by atoms with van der Waals surface area (Å²) in [5.41, 5.74) is 0.727. The first-order valence-corrected chi connectivity index (χ1v) is 7.21. The van der Waals surface area contributed by atoms with E-state index in [1.807, 2.05) is 38.4 Å². The predicted octanol–water partition coefficient (Wildman–Crippen LogP) is 3.68. The molecule has 0 heterocycles. The molecule has 0 aliphatic heterocycles. The molecule has 0 aliphatic carbocycles. The van der Waals surface area contributed by atoms with Gasteiger partial charge in [0, 0.05) is 10.9 Å². The maximum atomic E-state index is 12.6. The second-order valence-corrected chi connectivity index (χ2v) is 5.68. The molecule has 0 saturated carbocycles. The fraction of sp³-hybridized carbons (Fsp3) is 0.533. The van der Waals surface area contributed by atoms with Crippen LogP contribution in [0.2, 0.25) is 0 Å². The molecular formula is C15H22BrNO. The molecule has 1 aromatic carbocycles. The number of carbonyl (C=O) groups excluding carboxylic acids is 1. The highest BCUT2D eigenvalue weighted by molar-refractivity contribution is 9.10. The van der Waals surface area contributed by atoms with Crippen LogP contribution in [0.15, 0.2) is 28.7 Å². The van der Waals surface area contributed by atoms with Gasteiger partial charge in [-0.3, -0.25) is 9.69 Å². The largest absolute Gasteiger partial charge is 0.297 e. The number of carbonyl (C=O) groups is 1. The molecule has 0 N–H and O–H groups in total. The van der Waals surface area contributed by atoms with Crippen molar-refractivity contribution in [1.29, 1.82) is 0 Å². The number of hydrogen-bond donors (Lipinski definition) is 0. The van der Waals surface area contributed by atoms with Crippen molar-refractivity contribution in [2.45, 2.75) is 38.6 Å². The molecule has 2 nitrogen and oxygen atoms in total. The molecule has 1 aromatic rings. The molecule has 0 bridgehead atoms. The van der Waals surface area contributed by atoms with E-state index in [2.05, 4.69) is 34.7 Å². The summed E-state index contributed by atoms with van der Waals surface area (Å²) in [4.78, 5) is 14.7. The van der Waals surface area contributed by atoms with Crippen LogP contribution in [0.5, 0.6) is 0 Å². The number of hydrogen-bond acceptors (Lipinski definition) is 2. The van der Waals surface area contributed by atoms with Gasteiger partial charge in [-0.05, 0) is 38.6 Å². The molecule has 100 valence electrons. The Hall–Kier alpha value is -0.670. The third kappa shape index (κ3) is 3.01. The van der Waals surface area contributed by atoms with Crippen LogP contribution < -0.4 is 0 Å². The van der Waals surface area contributed by atoms with E-state index in [1.54, 1.807) is 0 Å². The summed E-state index contributed by atoms with van der Waals surface area (Å²) < 4.78 is 1.01. The maximum absolute atomic E-state index is 12.6. The van der Waals surface area contributed by atoms with Gasteiger partial charge in [-0.15, -0.1) is 0 Å². The van der Waals surface area contributed by atoms with Crippen molar-refractivity contribution in [2.24, 2.45) is 0 Å². The number of ketones is 1. The summed E-state index contributed by atoms with van der Waals surface area (Å²) in [6.07, 6.45) is 2.18. The van der Waals surface area contributed by atoms with E-state index >= 15 is 0 Å². The number of rotatable bonds is 6. The predicted molar refractivity (Wildman–Crippen MR) is 79.9 cm³/mol. The summed E-state index contributed by atoms with van der Waals surface area (Å²) in [7, 11) is 3.98. The normalized spacial score (nSPS) is 11.9. The first kappa shape index (κ1) is 15.4. The lowest BCUT2D eigenvalue weighted by molar-refractivity contribution is -0.129. The van der Waals surface area contributed by atoms with Crippen molar-refractivity contribution in [1.82, 2.24) is 4.90 Å². The molecule has 0 fully saturated rings. The highest BCUT2D eigenvalue weighted by Crippen LogP contribution is 2.26. The van der Waals surface area contributed by atoms with Crippen LogP contribution in [0.3, 0.4) is 0 Å². The van der Waals surface area contributed by atoms with Gasteiger partial charge in [0.1, 0.15) is 0 Å². The molecule has 0 aromatic heterocycles. The lowest BCUT2D eigenvalue weighted by Crippen LogP contribution is -2.51. The zero-order valence-corrected chi connectivity index (χ0v) is 13.3. The van der Waals surface area contributed by atoms with E-state index in [1.165, 1.54) is 0 Å².